The average molecular weight is 1560 g/mol. The Bertz CT molecular complexity index is 2300. The number of hydrogen-bond acceptors (Lipinski definition) is 20. The van der Waals surface area contributed by atoms with Gasteiger partial charge < -0.3 is 100 Å². The van der Waals surface area contributed by atoms with E-state index in [4.69, 9.17) is 28.4 Å². The number of allylic oxidation sites excluding steroid dienone is 5. The van der Waals surface area contributed by atoms with E-state index in [1.807, 2.05) is 6.08 Å². The molecule has 3 rings (SSSR count). The molecular weight excluding hydrogens is 1400 g/mol. The Labute approximate surface area is 656 Å². The predicted octanol–water partition coefficient (Wildman–Crippen LogP) is 13.3. The minimum absolute atomic E-state index is 0.202. The summed E-state index contributed by atoms with van der Waals surface area (Å²) in [5.74, 6) is -6.14. The van der Waals surface area contributed by atoms with Crippen LogP contribution in [0, 0.1) is 0 Å². The van der Waals surface area contributed by atoms with Gasteiger partial charge in [-0.25, -0.2) is 4.79 Å². The van der Waals surface area contributed by atoms with Gasteiger partial charge in [0.05, 0.1) is 50.7 Å². The van der Waals surface area contributed by atoms with Crippen LogP contribution in [0.1, 0.15) is 355 Å². The molecule has 0 aliphatic carbocycles. The van der Waals surface area contributed by atoms with Crippen molar-refractivity contribution >= 4 is 17.8 Å². The molecule has 23 heteroatoms. The number of carbonyl (C=O) groups is 3. The number of carbonyl (C=O) groups excluding carboxylic acids is 2. The second kappa shape index (κ2) is 64.2. The van der Waals surface area contributed by atoms with Gasteiger partial charge in [0.2, 0.25) is 11.8 Å². The molecule has 0 spiro atoms. The van der Waals surface area contributed by atoms with Crippen molar-refractivity contribution in [2.75, 3.05) is 26.4 Å². The van der Waals surface area contributed by atoms with Gasteiger partial charge in [0.1, 0.15) is 67.1 Å². The van der Waals surface area contributed by atoms with Gasteiger partial charge >= 0.3 is 5.97 Å². The molecule has 3 heterocycles. The van der Waals surface area contributed by atoms with Gasteiger partial charge in [-0.2, -0.15) is 0 Å². The summed E-state index contributed by atoms with van der Waals surface area (Å²) in [6.45, 7) is 2.19. The van der Waals surface area contributed by atoms with Crippen molar-refractivity contribution in [2.24, 2.45) is 0 Å². The quantitative estimate of drug-likeness (QED) is 0.0199. The van der Waals surface area contributed by atoms with Crippen LogP contribution in [-0.2, 0) is 42.8 Å². The standard InChI is InChI=1S/C86H158N2O21/c1-4-6-8-10-12-14-16-18-20-22-24-26-27-28-29-30-31-32-33-34-35-36-37-38-39-40-42-44-46-48-50-52-54-56-58-60-73(96)88-67(68(93)59-57-55-53-51-49-47-45-43-41-25-23-21-19-17-15-13-11-9-7-5-2)65-104-83-78(100)77(99)80(72(64-91)106-83)107-84-79(101)82(76(98)71(63-90)105-84)109-86(85(102)103)61-69(94)74(87-66(3)92)81(108-86)75(97)70(95)62-89/h27-28,30-31,57,59,67-72,74-84,89-91,93-95,97-101H,4-26,29,32-56,58,60-65H2,1-3H3,(H,87,92)(H,88,96)(H,102,103)/b28-27-,31-30-,59-57+. The van der Waals surface area contributed by atoms with Crippen molar-refractivity contribution in [3.05, 3.63) is 36.5 Å². The third-order valence-electron chi connectivity index (χ3n) is 22.1. The number of carboxylic acids is 1. The Kier molecular flexibility index (Phi) is 58.9. The lowest BCUT2D eigenvalue weighted by Gasteiger charge is -2.50. The fraction of sp³-hybridized carbons (Fsp3) is 0.895. The lowest BCUT2D eigenvalue weighted by molar-refractivity contribution is -0.386. The number of aliphatic hydroxyl groups excluding tert-OH is 11. The van der Waals surface area contributed by atoms with Crippen molar-refractivity contribution in [1.82, 2.24) is 10.6 Å². The fourth-order valence-corrected chi connectivity index (χ4v) is 15.2. The molecule has 2 amide bonds. The second-order valence-electron chi connectivity index (χ2n) is 31.8. The zero-order chi connectivity index (χ0) is 79.5. The SMILES string of the molecule is CCCCCCCCCCCCC/C=C\C/C=C\CCCCCCCCCCCCCCCCCCCC(=O)NC(COC1OC(CO)C(OC2OC(CO)C(O)C(OC3(C(=O)O)CC(O)C(NC(C)=O)C(C(O)C(O)CO)O3)C2O)C(O)C1O)C(O)/C=C/CCCCCCCCCCCCCCCCCCCC. The topological polar surface area (TPSA) is 373 Å². The first-order valence-electron chi connectivity index (χ1n) is 43.9. The van der Waals surface area contributed by atoms with Crippen molar-refractivity contribution in [3.63, 3.8) is 0 Å². The first-order valence-corrected chi connectivity index (χ1v) is 43.9. The number of amides is 2. The Morgan fingerprint density at radius 1 is 0.486 bits per heavy atom. The van der Waals surface area contributed by atoms with E-state index in [0.717, 1.165) is 58.3 Å². The van der Waals surface area contributed by atoms with E-state index in [1.165, 1.54) is 257 Å². The summed E-state index contributed by atoms with van der Waals surface area (Å²) in [6.07, 6.45) is 46.2. The maximum atomic E-state index is 13.6. The number of hydrogen-bond donors (Lipinski definition) is 14. The number of rotatable bonds is 70. The van der Waals surface area contributed by atoms with Gasteiger partial charge in [0.25, 0.3) is 5.79 Å². The van der Waals surface area contributed by atoms with Gasteiger partial charge in [0.15, 0.2) is 12.6 Å². The van der Waals surface area contributed by atoms with Gasteiger partial charge in [-0.1, -0.05) is 320 Å². The van der Waals surface area contributed by atoms with Gasteiger partial charge in [-0.05, 0) is 51.4 Å². The molecule has 0 aromatic rings. The van der Waals surface area contributed by atoms with E-state index in [0.29, 0.717) is 12.8 Å². The number of aliphatic carboxylic acids is 1. The van der Waals surface area contributed by atoms with Crippen LogP contribution in [0.5, 0.6) is 0 Å². The number of unbranched alkanes of at least 4 members (excludes halogenated alkanes) is 46. The monoisotopic (exact) mass is 1560 g/mol. The summed E-state index contributed by atoms with van der Waals surface area (Å²) in [7, 11) is 0. The molecule has 3 aliphatic heterocycles. The fourth-order valence-electron chi connectivity index (χ4n) is 15.2. The molecule has 109 heavy (non-hydrogen) atoms. The van der Waals surface area contributed by atoms with Gasteiger partial charge in [-0.15, -0.1) is 0 Å². The van der Waals surface area contributed by atoms with Crippen molar-refractivity contribution < 1.29 is 104 Å². The average Bonchev–Trinajstić information content (AvgIpc) is 0.751. The molecular formula is C86H158N2O21. The van der Waals surface area contributed by atoms with Crippen LogP contribution in [-0.4, -0.2) is 215 Å². The van der Waals surface area contributed by atoms with E-state index in [1.54, 1.807) is 6.08 Å². The molecule has 14 N–H and O–H groups in total. The van der Waals surface area contributed by atoms with Gasteiger partial charge in [0, 0.05) is 19.8 Å². The number of ether oxygens (including phenoxy) is 6. The molecule has 18 atom stereocenters. The lowest BCUT2D eigenvalue weighted by atomic mass is 9.88. The highest BCUT2D eigenvalue weighted by Crippen LogP contribution is 2.39. The third kappa shape index (κ3) is 43.5. The van der Waals surface area contributed by atoms with Crippen molar-refractivity contribution in [3.8, 4) is 0 Å². The molecule has 0 aromatic carbocycles. The normalized spacial score (nSPS) is 25.9. The molecule has 0 radical (unpaired) electrons. The molecule has 23 nitrogen and oxygen atoms in total. The van der Waals surface area contributed by atoms with Crippen LogP contribution in [0.3, 0.4) is 0 Å². The van der Waals surface area contributed by atoms with Crippen LogP contribution < -0.4 is 10.6 Å². The highest BCUT2D eigenvalue weighted by Gasteiger charge is 2.60. The highest BCUT2D eigenvalue weighted by atomic mass is 16.8. The highest BCUT2D eigenvalue weighted by molar-refractivity contribution is 5.77. The molecule has 0 aromatic heterocycles. The van der Waals surface area contributed by atoms with E-state index in [2.05, 4.69) is 48.8 Å². The van der Waals surface area contributed by atoms with Crippen molar-refractivity contribution in [1.29, 1.82) is 0 Å². The zero-order valence-electron chi connectivity index (χ0n) is 67.9. The summed E-state index contributed by atoms with van der Waals surface area (Å²) in [6, 6.07) is -2.62. The largest absolute Gasteiger partial charge is 0.477 e. The predicted molar refractivity (Wildman–Crippen MR) is 426 cm³/mol. The number of aliphatic hydroxyl groups is 11. The molecule has 3 saturated heterocycles. The second-order valence-corrected chi connectivity index (χ2v) is 31.8. The third-order valence-corrected chi connectivity index (χ3v) is 22.1. The maximum Gasteiger partial charge on any atom is 0.364 e. The maximum absolute atomic E-state index is 13.6. The van der Waals surface area contributed by atoms with E-state index < -0.39 is 155 Å². The molecule has 3 fully saturated rings. The number of nitrogens with one attached hydrogen (secondary N) is 2. The molecule has 0 saturated carbocycles. The van der Waals surface area contributed by atoms with Crippen molar-refractivity contribution in [2.45, 2.75) is 464 Å². The van der Waals surface area contributed by atoms with Crippen LogP contribution in [0.4, 0.5) is 0 Å². The zero-order valence-corrected chi connectivity index (χ0v) is 67.9. The molecule has 638 valence electrons. The van der Waals surface area contributed by atoms with Crippen LogP contribution in [0.2, 0.25) is 0 Å². The Morgan fingerprint density at radius 3 is 1.29 bits per heavy atom. The van der Waals surface area contributed by atoms with E-state index in [9.17, 15) is 75.7 Å². The lowest BCUT2D eigenvalue weighted by Crippen LogP contribution is -2.70. The Balaban J connectivity index is 1.45. The minimum Gasteiger partial charge on any atom is -0.477 e. The van der Waals surface area contributed by atoms with Gasteiger partial charge in [-0.3, -0.25) is 9.59 Å². The Hall–Kier alpha value is -3.05. The first kappa shape index (κ1) is 100. The first-order chi connectivity index (χ1) is 52.9. The van der Waals surface area contributed by atoms with E-state index >= 15 is 0 Å². The minimum atomic E-state index is -3.08. The molecule has 0 bridgehead atoms. The summed E-state index contributed by atoms with van der Waals surface area (Å²) in [5, 5.41) is 137. The summed E-state index contributed by atoms with van der Waals surface area (Å²) in [5.41, 5.74) is 0. The van der Waals surface area contributed by atoms with Crippen LogP contribution in [0.15, 0.2) is 36.5 Å². The Morgan fingerprint density at radius 2 is 0.890 bits per heavy atom. The number of carboxylic acid groups (broad SMARTS) is 1. The summed E-state index contributed by atoms with van der Waals surface area (Å²) >= 11 is 0. The van der Waals surface area contributed by atoms with Crippen LogP contribution in [0.25, 0.3) is 0 Å². The van der Waals surface area contributed by atoms with Crippen LogP contribution >= 0.6 is 0 Å². The molecule has 18 unspecified atom stereocenters. The summed E-state index contributed by atoms with van der Waals surface area (Å²) in [4.78, 5) is 38.7. The smallest absolute Gasteiger partial charge is 0.364 e. The van der Waals surface area contributed by atoms with E-state index in [-0.39, 0.29) is 12.3 Å². The molecule has 3 aliphatic rings. The summed E-state index contributed by atoms with van der Waals surface area (Å²) < 4.78 is 35.0.